The minimum Gasteiger partial charge on any atom is -0.484 e. The molecule has 1 saturated heterocycles. The average molecular weight is 456 g/mol. The molecule has 0 aromatic carbocycles. The minimum atomic E-state index is -1.14. The summed E-state index contributed by atoms with van der Waals surface area (Å²) in [6.45, 7) is 6.58. The van der Waals surface area contributed by atoms with E-state index in [1.807, 2.05) is 6.92 Å². The first-order valence-corrected chi connectivity index (χ1v) is 11.6. The van der Waals surface area contributed by atoms with Gasteiger partial charge in [-0.1, -0.05) is 13.8 Å². The number of aliphatic hydroxyl groups excluding tert-OH is 2. The first-order valence-electron chi connectivity index (χ1n) is 11.6. The summed E-state index contributed by atoms with van der Waals surface area (Å²) in [5.41, 5.74) is -1.64. The Hall–Kier alpha value is -2.26. The van der Waals surface area contributed by atoms with Crippen molar-refractivity contribution in [1.29, 1.82) is 0 Å². The van der Waals surface area contributed by atoms with Gasteiger partial charge in [-0.2, -0.15) is 0 Å². The van der Waals surface area contributed by atoms with E-state index in [0.29, 0.717) is 24.4 Å². The predicted octanol–water partition coefficient (Wildman–Crippen LogP) is 3.02. The second-order valence-corrected chi connectivity index (χ2v) is 10.8. The summed E-state index contributed by atoms with van der Waals surface area (Å²) < 4.78 is 12.0. The van der Waals surface area contributed by atoms with Crippen LogP contribution in [0, 0.1) is 22.7 Å². The van der Waals surface area contributed by atoms with E-state index in [0.717, 1.165) is 12.8 Å². The maximum absolute atomic E-state index is 13.1. The maximum Gasteiger partial charge on any atom is 0.345 e. The third-order valence-electron chi connectivity index (χ3n) is 9.11. The molecule has 2 aromatic rings. The molecule has 0 spiro atoms. The number of rotatable bonds is 1. The second kappa shape index (κ2) is 6.88. The van der Waals surface area contributed by atoms with Gasteiger partial charge >= 0.3 is 5.63 Å². The number of fused-ring (bicyclic) bond motifs is 6. The third kappa shape index (κ3) is 2.72. The van der Waals surface area contributed by atoms with Crippen molar-refractivity contribution in [2.75, 3.05) is 6.61 Å². The Labute approximate surface area is 191 Å². The van der Waals surface area contributed by atoms with Crippen LogP contribution in [0.15, 0.2) is 39.8 Å². The van der Waals surface area contributed by atoms with Crippen LogP contribution in [0.25, 0.3) is 11.3 Å². The molecule has 0 amide bonds. The molecule has 0 bridgehead atoms. The lowest BCUT2D eigenvalue weighted by Crippen LogP contribution is -2.70. The highest BCUT2D eigenvalue weighted by atomic mass is 17.2. The van der Waals surface area contributed by atoms with E-state index in [4.69, 9.17) is 18.9 Å². The van der Waals surface area contributed by atoms with Crippen molar-refractivity contribution in [3.63, 3.8) is 0 Å². The molecule has 8 atom stereocenters. The summed E-state index contributed by atoms with van der Waals surface area (Å²) in [6, 6.07) is 5.16. The van der Waals surface area contributed by atoms with Gasteiger partial charge in [0.2, 0.25) is 0 Å². The largest absolute Gasteiger partial charge is 0.484 e. The molecule has 0 radical (unpaired) electrons. The maximum atomic E-state index is 13.1. The molecule has 8 heteroatoms. The third-order valence-corrected chi connectivity index (χ3v) is 9.11. The summed E-state index contributed by atoms with van der Waals surface area (Å²) in [5, 5.41) is 23.1. The molecule has 3 fully saturated rings. The van der Waals surface area contributed by atoms with Gasteiger partial charge in [0.15, 0.2) is 0 Å². The fraction of sp³-hybridized carbons (Fsp3) is 0.600. The Kier molecular flexibility index (Phi) is 4.44. The molecule has 2 N–H and O–H groups in total. The van der Waals surface area contributed by atoms with E-state index in [1.54, 1.807) is 30.6 Å². The van der Waals surface area contributed by atoms with E-state index in [2.05, 4.69) is 18.8 Å². The highest BCUT2D eigenvalue weighted by Gasteiger charge is 2.70. The van der Waals surface area contributed by atoms with Crippen LogP contribution >= 0.6 is 0 Å². The fourth-order valence-electron chi connectivity index (χ4n) is 7.44. The molecule has 2 saturated carbocycles. The van der Waals surface area contributed by atoms with Crippen molar-refractivity contribution >= 4 is 0 Å². The molecule has 4 heterocycles. The molecular weight excluding hydrogens is 426 g/mol. The van der Waals surface area contributed by atoms with Gasteiger partial charge in [-0.15, -0.1) is 0 Å². The number of aliphatic hydroxyl groups is 2. The number of aromatic nitrogens is 1. The van der Waals surface area contributed by atoms with Crippen molar-refractivity contribution < 1.29 is 29.1 Å². The number of ether oxygens (including phenoxy) is 1. The SMILES string of the molecule is CC12CC[C@@H]3OOC[C@@]3(C)C1CC(O)C1(C)Oc3cc(-c4cccnc4)oc(=O)c3[C@H](O)C21. The number of pyridine rings is 1. The van der Waals surface area contributed by atoms with E-state index >= 15 is 0 Å². The van der Waals surface area contributed by atoms with Crippen LogP contribution in [0.2, 0.25) is 0 Å². The van der Waals surface area contributed by atoms with E-state index in [1.165, 1.54) is 0 Å². The van der Waals surface area contributed by atoms with Gasteiger partial charge in [-0.3, -0.25) is 4.98 Å². The average Bonchev–Trinajstić information content (AvgIpc) is 3.17. The van der Waals surface area contributed by atoms with Crippen molar-refractivity contribution in [3.8, 4) is 17.1 Å². The molecule has 6 rings (SSSR count). The zero-order chi connectivity index (χ0) is 23.2. The monoisotopic (exact) mass is 455 g/mol. The van der Waals surface area contributed by atoms with Gasteiger partial charge in [0.25, 0.3) is 0 Å². The van der Waals surface area contributed by atoms with E-state index in [9.17, 15) is 15.0 Å². The molecule has 2 aliphatic heterocycles. The molecule has 33 heavy (non-hydrogen) atoms. The van der Waals surface area contributed by atoms with Crippen LogP contribution in [0.5, 0.6) is 5.75 Å². The highest BCUT2D eigenvalue weighted by Crippen LogP contribution is 2.67. The van der Waals surface area contributed by atoms with Crippen LogP contribution in [0.4, 0.5) is 0 Å². The smallest absolute Gasteiger partial charge is 0.345 e. The minimum absolute atomic E-state index is 0.0285. The number of hydrogen-bond donors (Lipinski definition) is 2. The van der Waals surface area contributed by atoms with Gasteiger partial charge in [-0.25, -0.2) is 14.6 Å². The van der Waals surface area contributed by atoms with Gasteiger partial charge in [0.05, 0.1) is 18.8 Å². The zero-order valence-electron chi connectivity index (χ0n) is 19.0. The van der Waals surface area contributed by atoms with Crippen LogP contribution in [-0.4, -0.2) is 39.6 Å². The molecule has 5 unspecified atom stereocenters. The number of nitrogens with zero attached hydrogens (tertiary/aromatic N) is 1. The molecule has 176 valence electrons. The van der Waals surface area contributed by atoms with Gasteiger partial charge < -0.3 is 19.4 Å². The molecule has 8 nitrogen and oxygen atoms in total. The quantitative estimate of drug-likeness (QED) is 0.632. The Morgan fingerprint density at radius 1 is 1.18 bits per heavy atom. The summed E-state index contributed by atoms with van der Waals surface area (Å²) in [5.74, 6) is 0.0891. The molecule has 4 aliphatic rings. The Morgan fingerprint density at radius 3 is 2.76 bits per heavy atom. The van der Waals surface area contributed by atoms with Crippen LogP contribution in [0.3, 0.4) is 0 Å². The van der Waals surface area contributed by atoms with Crippen LogP contribution in [0.1, 0.15) is 51.7 Å². The molecular formula is C25H29NO7. The Bertz CT molecular complexity index is 1150. The van der Waals surface area contributed by atoms with Crippen LogP contribution in [-0.2, 0) is 9.78 Å². The summed E-state index contributed by atoms with van der Waals surface area (Å²) in [6.07, 6.45) is 3.26. The van der Waals surface area contributed by atoms with Crippen molar-refractivity contribution in [3.05, 3.63) is 46.6 Å². The Balaban J connectivity index is 1.48. The van der Waals surface area contributed by atoms with Crippen molar-refractivity contribution in [1.82, 2.24) is 4.98 Å². The highest BCUT2D eigenvalue weighted by molar-refractivity contribution is 5.59. The Morgan fingerprint density at radius 2 is 2.00 bits per heavy atom. The zero-order valence-corrected chi connectivity index (χ0v) is 19.0. The number of hydrogen-bond acceptors (Lipinski definition) is 8. The first-order chi connectivity index (χ1) is 15.7. The normalized spacial score (nSPS) is 43.6. The van der Waals surface area contributed by atoms with Crippen molar-refractivity contribution in [2.45, 2.75) is 63.9 Å². The first kappa shape index (κ1) is 21.3. The van der Waals surface area contributed by atoms with E-state index < -0.39 is 34.8 Å². The lowest BCUT2D eigenvalue weighted by atomic mass is 9.43. The van der Waals surface area contributed by atoms with E-state index in [-0.39, 0.29) is 28.7 Å². The summed E-state index contributed by atoms with van der Waals surface area (Å²) in [7, 11) is 0. The standard InChI is InChI=1S/C25H29NO7/c1-23-7-6-18-24(2,12-30-33-18)16(23)10-17(27)25(3)21(23)20(28)19-15(32-25)9-14(31-22(19)29)13-5-4-8-26-11-13/h4-5,8-9,11,16-18,20-21,27-28H,6-7,10,12H2,1-3H3/t16?,17?,18-,20-,21?,23?,24-,25?/m0/s1. The van der Waals surface area contributed by atoms with Crippen LogP contribution < -0.4 is 10.4 Å². The van der Waals surface area contributed by atoms with Gasteiger partial charge in [0, 0.05) is 35.4 Å². The van der Waals surface area contributed by atoms with Gasteiger partial charge in [0.1, 0.15) is 28.8 Å². The lowest BCUT2D eigenvalue weighted by molar-refractivity contribution is -0.287. The molecule has 2 aromatic heterocycles. The second-order valence-electron chi connectivity index (χ2n) is 10.8. The fourth-order valence-corrected chi connectivity index (χ4v) is 7.44. The van der Waals surface area contributed by atoms with Crippen molar-refractivity contribution in [2.24, 2.45) is 22.7 Å². The lowest BCUT2D eigenvalue weighted by Gasteiger charge is -2.65. The molecule has 2 aliphatic carbocycles. The summed E-state index contributed by atoms with van der Waals surface area (Å²) >= 11 is 0. The predicted molar refractivity (Wildman–Crippen MR) is 116 cm³/mol. The van der Waals surface area contributed by atoms with Gasteiger partial charge in [-0.05, 0) is 49.7 Å². The topological polar surface area (TPSA) is 111 Å². The summed E-state index contributed by atoms with van der Waals surface area (Å²) in [4.78, 5) is 28.2.